The lowest BCUT2D eigenvalue weighted by molar-refractivity contribution is -0.121. The van der Waals surface area contributed by atoms with E-state index >= 15 is 0 Å². The Hall–Kier alpha value is -3.23. The largest absolute Gasteiger partial charge is 0.326 e. The van der Waals surface area contributed by atoms with E-state index in [-0.39, 0.29) is 24.3 Å². The minimum atomic E-state index is -0.557. The number of hydrogen-bond acceptors (Lipinski definition) is 6. The van der Waals surface area contributed by atoms with Crippen LogP contribution in [0.2, 0.25) is 0 Å². The minimum Gasteiger partial charge on any atom is -0.326 e. The molecule has 6 nitrogen and oxygen atoms in total. The molecule has 172 valence electrons. The van der Waals surface area contributed by atoms with E-state index in [1.54, 1.807) is 11.3 Å². The maximum Gasteiger partial charge on any atom is 0.262 e. The van der Waals surface area contributed by atoms with Crippen molar-refractivity contribution in [1.29, 1.82) is 0 Å². The third-order valence-corrected chi connectivity index (χ3v) is 8.05. The van der Waals surface area contributed by atoms with Gasteiger partial charge in [-0.15, -0.1) is 11.3 Å². The highest BCUT2D eigenvalue weighted by molar-refractivity contribution is 8.15. The van der Waals surface area contributed by atoms with E-state index in [4.69, 9.17) is 5.10 Å². The molecule has 2 aliphatic heterocycles. The van der Waals surface area contributed by atoms with Crippen LogP contribution in [-0.2, 0) is 9.59 Å². The molecule has 0 bridgehead atoms. The van der Waals surface area contributed by atoms with Gasteiger partial charge in [0, 0.05) is 18.5 Å². The van der Waals surface area contributed by atoms with Crippen molar-refractivity contribution in [2.45, 2.75) is 38.0 Å². The van der Waals surface area contributed by atoms with Crippen molar-refractivity contribution in [1.82, 2.24) is 5.01 Å². The summed E-state index contributed by atoms with van der Waals surface area (Å²) in [7, 11) is 0. The number of benzene rings is 2. The summed E-state index contributed by atoms with van der Waals surface area (Å²) in [6.07, 6.45) is 0.797. The first-order valence-electron chi connectivity index (χ1n) is 11.1. The molecular formula is C26H24N4O2S2. The standard InChI is InChI=1S/C26H24N4O2S2/c1-16-10-11-19(13-17(16)2)27-24(31)15-23-25(32)28-26(34-23)30-21(18-7-4-3-5-8-18)14-20(29-30)22-9-6-12-33-22/h3-13,21,23H,14-15H2,1-2H3,(H,27,31)/t21-,23+/m0/s1. The van der Waals surface area contributed by atoms with Crippen LogP contribution in [-0.4, -0.2) is 33.0 Å². The lowest BCUT2D eigenvalue weighted by Gasteiger charge is -2.23. The SMILES string of the molecule is Cc1ccc(NC(=O)C[C@H]2SC(N3N=C(c4cccs4)C[C@H]3c3ccccc3)=NC2=O)cc1C. The molecule has 1 aromatic heterocycles. The summed E-state index contributed by atoms with van der Waals surface area (Å²) in [6, 6.07) is 20.0. The molecule has 3 aromatic rings. The maximum atomic E-state index is 12.7. The summed E-state index contributed by atoms with van der Waals surface area (Å²) < 4.78 is 0. The number of nitrogens with zero attached hydrogens (tertiary/aromatic N) is 3. The van der Waals surface area contributed by atoms with Crippen molar-refractivity contribution in [3.05, 3.63) is 87.6 Å². The zero-order chi connectivity index (χ0) is 23.7. The number of hydrogen-bond donors (Lipinski definition) is 1. The number of amides is 2. The van der Waals surface area contributed by atoms with E-state index < -0.39 is 5.25 Å². The van der Waals surface area contributed by atoms with Crippen molar-refractivity contribution in [2.24, 2.45) is 10.1 Å². The molecule has 2 amide bonds. The number of nitrogens with one attached hydrogen (secondary N) is 1. The lowest BCUT2D eigenvalue weighted by atomic mass is 10.0. The van der Waals surface area contributed by atoms with Crippen molar-refractivity contribution >= 4 is 51.5 Å². The predicted molar refractivity (Wildman–Crippen MR) is 139 cm³/mol. The zero-order valence-corrected chi connectivity index (χ0v) is 20.5. The Balaban J connectivity index is 1.31. The van der Waals surface area contributed by atoms with E-state index in [2.05, 4.69) is 28.5 Å². The number of thioether (sulfide) groups is 1. The summed E-state index contributed by atoms with van der Waals surface area (Å²) in [5.74, 6) is -0.490. The number of carbonyl (C=O) groups is 2. The first-order chi connectivity index (χ1) is 16.5. The second-order valence-corrected chi connectivity index (χ2v) is 10.5. The van der Waals surface area contributed by atoms with Crippen LogP contribution < -0.4 is 5.32 Å². The molecule has 0 saturated carbocycles. The molecule has 0 unspecified atom stereocenters. The van der Waals surface area contributed by atoms with Crippen molar-refractivity contribution in [2.75, 3.05) is 5.32 Å². The number of aryl methyl sites for hydroxylation is 2. The second-order valence-electron chi connectivity index (χ2n) is 8.39. The summed E-state index contributed by atoms with van der Waals surface area (Å²) in [5.41, 5.74) is 5.10. The van der Waals surface area contributed by atoms with Crippen LogP contribution in [0.25, 0.3) is 0 Å². The summed E-state index contributed by atoms with van der Waals surface area (Å²) in [4.78, 5) is 30.8. The normalized spacial score (nSPS) is 19.8. The van der Waals surface area contributed by atoms with Gasteiger partial charge in [0.05, 0.1) is 16.6 Å². The zero-order valence-electron chi connectivity index (χ0n) is 18.9. The smallest absolute Gasteiger partial charge is 0.262 e. The van der Waals surface area contributed by atoms with Gasteiger partial charge in [-0.2, -0.15) is 10.1 Å². The Morgan fingerprint density at radius 3 is 2.65 bits per heavy atom. The van der Waals surface area contributed by atoms with Crippen LogP contribution in [0.5, 0.6) is 0 Å². The molecule has 1 N–H and O–H groups in total. The average molecular weight is 489 g/mol. The molecule has 3 heterocycles. The summed E-state index contributed by atoms with van der Waals surface area (Å²) >= 11 is 2.97. The highest BCUT2D eigenvalue weighted by atomic mass is 32.2. The Morgan fingerprint density at radius 1 is 1.09 bits per heavy atom. The first kappa shape index (κ1) is 22.6. The fourth-order valence-electron chi connectivity index (χ4n) is 4.02. The van der Waals surface area contributed by atoms with Gasteiger partial charge in [-0.3, -0.25) is 9.59 Å². The Kier molecular flexibility index (Phi) is 6.34. The minimum absolute atomic E-state index is 0.0412. The molecule has 0 saturated heterocycles. The van der Waals surface area contributed by atoms with E-state index in [0.29, 0.717) is 5.17 Å². The fourth-order valence-corrected chi connectivity index (χ4v) is 5.80. The molecule has 2 atom stereocenters. The van der Waals surface area contributed by atoms with Gasteiger partial charge in [0.15, 0.2) is 5.17 Å². The summed E-state index contributed by atoms with van der Waals surface area (Å²) in [6.45, 7) is 4.03. The van der Waals surface area contributed by atoms with Gasteiger partial charge in [-0.05, 0) is 54.1 Å². The number of rotatable bonds is 5. The molecule has 8 heteroatoms. The number of amidine groups is 1. The van der Waals surface area contributed by atoms with Crippen LogP contribution in [0, 0.1) is 13.8 Å². The predicted octanol–water partition coefficient (Wildman–Crippen LogP) is 5.54. The van der Waals surface area contributed by atoms with Gasteiger partial charge in [0.1, 0.15) is 5.25 Å². The molecule has 2 aromatic carbocycles. The molecule has 0 aliphatic carbocycles. The topological polar surface area (TPSA) is 74.1 Å². The number of carbonyl (C=O) groups excluding carboxylic acids is 2. The van der Waals surface area contributed by atoms with Crippen LogP contribution in [0.1, 0.15) is 40.5 Å². The number of aliphatic imine (C=N–C) groups is 1. The molecule has 0 fully saturated rings. The van der Waals surface area contributed by atoms with Crippen molar-refractivity contribution < 1.29 is 9.59 Å². The highest BCUT2D eigenvalue weighted by Gasteiger charge is 2.39. The Morgan fingerprint density at radius 2 is 1.91 bits per heavy atom. The number of thiophene rings is 1. The second kappa shape index (κ2) is 9.56. The fraction of sp³-hybridized carbons (Fsp3) is 0.231. The van der Waals surface area contributed by atoms with Crippen LogP contribution in [0.3, 0.4) is 0 Å². The third-order valence-electron chi connectivity index (χ3n) is 5.99. The van der Waals surface area contributed by atoms with Gasteiger partial charge >= 0.3 is 0 Å². The molecular weight excluding hydrogens is 464 g/mol. The lowest BCUT2D eigenvalue weighted by Crippen LogP contribution is -2.25. The van der Waals surface area contributed by atoms with E-state index in [1.165, 1.54) is 17.3 Å². The van der Waals surface area contributed by atoms with Crippen molar-refractivity contribution in [3.8, 4) is 0 Å². The summed E-state index contributed by atoms with van der Waals surface area (Å²) in [5, 5.41) is 11.7. The van der Waals surface area contributed by atoms with Gasteiger partial charge in [-0.25, -0.2) is 5.01 Å². The number of anilines is 1. The molecule has 5 rings (SSSR count). The molecule has 34 heavy (non-hydrogen) atoms. The quantitative estimate of drug-likeness (QED) is 0.512. The van der Waals surface area contributed by atoms with E-state index in [0.717, 1.165) is 33.8 Å². The third kappa shape index (κ3) is 4.69. The van der Waals surface area contributed by atoms with Crippen LogP contribution in [0.4, 0.5) is 5.69 Å². The van der Waals surface area contributed by atoms with E-state index in [1.807, 2.05) is 66.7 Å². The highest BCUT2D eigenvalue weighted by Crippen LogP contribution is 2.39. The van der Waals surface area contributed by atoms with Gasteiger partial charge in [-0.1, -0.05) is 54.2 Å². The maximum absolute atomic E-state index is 12.7. The first-order valence-corrected chi connectivity index (χ1v) is 12.9. The van der Waals surface area contributed by atoms with Crippen molar-refractivity contribution in [3.63, 3.8) is 0 Å². The Labute approximate surface area is 206 Å². The van der Waals surface area contributed by atoms with E-state index in [9.17, 15) is 9.59 Å². The van der Waals surface area contributed by atoms with Gasteiger partial charge in [0.2, 0.25) is 5.91 Å². The van der Waals surface area contributed by atoms with Crippen LogP contribution in [0.15, 0.2) is 76.1 Å². The van der Waals surface area contributed by atoms with Gasteiger partial charge in [0.25, 0.3) is 5.91 Å². The van der Waals surface area contributed by atoms with Crippen LogP contribution >= 0.6 is 23.1 Å². The van der Waals surface area contributed by atoms with Gasteiger partial charge < -0.3 is 5.32 Å². The molecule has 0 radical (unpaired) electrons. The monoisotopic (exact) mass is 488 g/mol. The molecule has 0 spiro atoms. The average Bonchev–Trinajstić information content (AvgIpc) is 3.57. The molecule has 2 aliphatic rings. The number of hydrazone groups is 1. The Bertz CT molecular complexity index is 1290.